The Morgan fingerprint density at radius 1 is 1.19 bits per heavy atom. The summed E-state index contributed by atoms with van der Waals surface area (Å²) >= 11 is 0. The molecule has 164 valence electrons. The highest BCUT2D eigenvalue weighted by Gasteiger charge is 2.27. The molecule has 3 aromatic rings. The van der Waals surface area contributed by atoms with Crippen molar-refractivity contribution < 1.29 is 13.6 Å². The average Bonchev–Trinajstić information content (AvgIpc) is 3.12. The van der Waals surface area contributed by atoms with Crippen LogP contribution in [0.4, 0.5) is 13.6 Å². The predicted octanol–water partition coefficient (Wildman–Crippen LogP) is 4.56. The lowest BCUT2D eigenvalue weighted by molar-refractivity contribution is 0.126. The molecule has 0 spiro atoms. The summed E-state index contributed by atoms with van der Waals surface area (Å²) < 4.78 is 27.6. The van der Waals surface area contributed by atoms with Gasteiger partial charge in [-0.25, -0.2) is 13.6 Å². The van der Waals surface area contributed by atoms with E-state index >= 15 is 0 Å². The molecule has 1 aliphatic heterocycles. The number of H-pyrrole nitrogens is 1. The van der Waals surface area contributed by atoms with Gasteiger partial charge in [0, 0.05) is 41.3 Å². The molecule has 0 saturated carbocycles. The minimum atomic E-state index is -0.626. The molecule has 1 fully saturated rings. The monoisotopic (exact) mass is 426 g/mol. The molecule has 5 nitrogen and oxygen atoms in total. The van der Waals surface area contributed by atoms with E-state index in [4.69, 9.17) is 0 Å². The van der Waals surface area contributed by atoms with Crippen LogP contribution >= 0.6 is 0 Å². The highest BCUT2D eigenvalue weighted by atomic mass is 19.1. The molecule has 2 heterocycles. The summed E-state index contributed by atoms with van der Waals surface area (Å²) in [6, 6.07) is 9.36. The lowest BCUT2D eigenvalue weighted by Gasteiger charge is -2.37. The van der Waals surface area contributed by atoms with E-state index in [0.717, 1.165) is 54.0 Å². The molecule has 0 atom stereocenters. The predicted molar refractivity (Wildman–Crippen MR) is 118 cm³/mol. The van der Waals surface area contributed by atoms with Crippen LogP contribution < -0.4 is 5.32 Å². The SMILES string of the molecule is Cc1c[nH]c2ccc(CNC(=O)N(Cc3ccc(F)cc3F)C3CCN(C)CC3)cc12. The zero-order valence-electron chi connectivity index (χ0n) is 17.9. The van der Waals surface area contributed by atoms with Gasteiger partial charge in [-0.1, -0.05) is 12.1 Å². The number of nitrogens with one attached hydrogen (secondary N) is 2. The van der Waals surface area contributed by atoms with E-state index in [1.54, 1.807) is 4.90 Å². The first-order valence-electron chi connectivity index (χ1n) is 10.6. The van der Waals surface area contributed by atoms with Crippen molar-refractivity contribution in [3.05, 3.63) is 70.9 Å². The van der Waals surface area contributed by atoms with Crippen molar-refractivity contribution in [2.75, 3.05) is 20.1 Å². The van der Waals surface area contributed by atoms with Gasteiger partial charge in [-0.2, -0.15) is 0 Å². The lowest BCUT2D eigenvalue weighted by atomic mass is 10.0. The molecule has 2 N–H and O–H groups in total. The van der Waals surface area contributed by atoms with Gasteiger partial charge in [0.2, 0.25) is 0 Å². The molecule has 0 unspecified atom stereocenters. The number of nitrogens with zero attached hydrogens (tertiary/aromatic N) is 2. The number of hydrogen-bond acceptors (Lipinski definition) is 2. The van der Waals surface area contributed by atoms with Gasteiger partial charge >= 0.3 is 6.03 Å². The zero-order valence-corrected chi connectivity index (χ0v) is 17.9. The van der Waals surface area contributed by atoms with Gasteiger partial charge in [0.1, 0.15) is 11.6 Å². The number of aryl methyl sites for hydroxylation is 1. The number of hydrogen-bond donors (Lipinski definition) is 2. The number of likely N-dealkylation sites (tertiary alicyclic amines) is 1. The number of piperidine rings is 1. The average molecular weight is 427 g/mol. The Morgan fingerprint density at radius 3 is 2.71 bits per heavy atom. The fourth-order valence-corrected chi connectivity index (χ4v) is 4.20. The molecule has 0 aliphatic carbocycles. The lowest BCUT2D eigenvalue weighted by Crippen LogP contribution is -2.49. The zero-order chi connectivity index (χ0) is 22.0. The molecule has 4 rings (SSSR count). The summed E-state index contributed by atoms with van der Waals surface area (Å²) in [5.41, 5.74) is 3.54. The molecule has 0 radical (unpaired) electrons. The third-order valence-corrected chi connectivity index (χ3v) is 6.14. The van der Waals surface area contributed by atoms with E-state index in [1.165, 1.54) is 12.1 Å². The molecular weight excluding hydrogens is 398 g/mol. The number of aromatic amines is 1. The fraction of sp³-hybridized carbons (Fsp3) is 0.375. The van der Waals surface area contributed by atoms with Gasteiger partial charge in [0.15, 0.2) is 0 Å². The second-order valence-corrected chi connectivity index (χ2v) is 8.41. The highest BCUT2D eigenvalue weighted by Crippen LogP contribution is 2.22. The van der Waals surface area contributed by atoms with Crippen molar-refractivity contribution in [2.45, 2.75) is 38.9 Å². The number of rotatable bonds is 5. The van der Waals surface area contributed by atoms with Gasteiger partial charge in [-0.05, 0) is 69.2 Å². The van der Waals surface area contributed by atoms with Crippen LogP contribution in [0.15, 0.2) is 42.6 Å². The molecule has 0 bridgehead atoms. The quantitative estimate of drug-likeness (QED) is 0.628. The topological polar surface area (TPSA) is 51.4 Å². The third kappa shape index (κ3) is 4.88. The number of urea groups is 1. The van der Waals surface area contributed by atoms with Crippen LogP contribution in [0.1, 0.15) is 29.5 Å². The van der Waals surface area contributed by atoms with Crippen LogP contribution in [0.2, 0.25) is 0 Å². The highest BCUT2D eigenvalue weighted by molar-refractivity contribution is 5.83. The van der Waals surface area contributed by atoms with Gasteiger partial charge in [0.25, 0.3) is 0 Å². The molecule has 2 amide bonds. The Labute approximate surface area is 181 Å². The van der Waals surface area contributed by atoms with Crippen molar-refractivity contribution in [3.8, 4) is 0 Å². The van der Waals surface area contributed by atoms with Crippen molar-refractivity contribution in [1.29, 1.82) is 0 Å². The van der Waals surface area contributed by atoms with E-state index in [2.05, 4.69) is 28.3 Å². The van der Waals surface area contributed by atoms with Crippen LogP contribution in [0.25, 0.3) is 10.9 Å². The molecule has 1 saturated heterocycles. The second kappa shape index (κ2) is 9.06. The minimum Gasteiger partial charge on any atom is -0.361 e. The Hall–Kier alpha value is -2.93. The van der Waals surface area contributed by atoms with E-state index in [0.29, 0.717) is 12.1 Å². The van der Waals surface area contributed by atoms with Crippen molar-refractivity contribution >= 4 is 16.9 Å². The standard InChI is InChI=1S/C24H28F2N4O/c1-16-13-27-23-6-3-17(11-21(16)23)14-28-24(31)30(20-7-9-29(2)10-8-20)15-18-4-5-19(25)12-22(18)26/h3-6,11-13,20,27H,7-10,14-15H2,1-2H3,(H,28,31). The number of carbonyl (C=O) groups is 1. The van der Waals surface area contributed by atoms with E-state index < -0.39 is 11.6 Å². The maximum atomic E-state index is 14.3. The van der Waals surface area contributed by atoms with Crippen LogP contribution in [0.3, 0.4) is 0 Å². The van der Waals surface area contributed by atoms with Gasteiger partial charge in [0.05, 0.1) is 6.54 Å². The van der Waals surface area contributed by atoms with Crippen molar-refractivity contribution in [1.82, 2.24) is 20.1 Å². The van der Waals surface area contributed by atoms with E-state index in [1.807, 2.05) is 25.3 Å². The first-order chi connectivity index (χ1) is 14.9. The molecule has 1 aliphatic rings. The Morgan fingerprint density at radius 2 is 1.97 bits per heavy atom. The number of carbonyl (C=O) groups excluding carboxylic acids is 1. The molecule has 2 aromatic carbocycles. The smallest absolute Gasteiger partial charge is 0.318 e. The maximum absolute atomic E-state index is 14.3. The Kier molecular flexibility index (Phi) is 6.23. The van der Waals surface area contributed by atoms with Crippen molar-refractivity contribution in [3.63, 3.8) is 0 Å². The van der Waals surface area contributed by atoms with Crippen LogP contribution in [0, 0.1) is 18.6 Å². The van der Waals surface area contributed by atoms with Crippen LogP contribution in [-0.4, -0.2) is 47.0 Å². The minimum absolute atomic E-state index is 0.00931. The summed E-state index contributed by atoms with van der Waals surface area (Å²) in [6.45, 7) is 4.30. The largest absolute Gasteiger partial charge is 0.361 e. The van der Waals surface area contributed by atoms with E-state index in [-0.39, 0.29) is 18.6 Å². The van der Waals surface area contributed by atoms with Gasteiger partial charge in [-0.3, -0.25) is 0 Å². The molecule has 7 heteroatoms. The maximum Gasteiger partial charge on any atom is 0.318 e. The normalized spacial score (nSPS) is 15.4. The van der Waals surface area contributed by atoms with Gasteiger partial charge in [-0.15, -0.1) is 0 Å². The summed E-state index contributed by atoms with van der Waals surface area (Å²) in [5.74, 6) is -1.24. The first-order valence-corrected chi connectivity index (χ1v) is 10.6. The van der Waals surface area contributed by atoms with Crippen LogP contribution in [0.5, 0.6) is 0 Å². The molecule has 1 aromatic heterocycles. The summed E-state index contributed by atoms with van der Waals surface area (Å²) in [5, 5.41) is 4.13. The molecular formula is C24H28F2N4O. The fourth-order valence-electron chi connectivity index (χ4n) is 4.20. The number of amides is 2. The van der Waals surface area contributed by atoms with Crippen LogP contribution in [-0.2, 0) is 13.1 Å². The van der Waals surface area contributed by atoms with Gasteiger partial charge < -0.3 is 20.1 Å². The number of aromatic nitrogens is 1. The number of benzene rings is 2. The molecule has 31 heavy (non-hydrogen) atoms. The summed E-state index contributed by atoms with van der Waals surface area (Å²) in [4.78, 5) is 20.3. The van der Waals surface area contributed by atoms with E-state index in [9.17, 15) is 13.6 Å². The van der Waals surface area contributed by atoms with Crippen molar-refractivity contribution in [2.24, 2.45) is 0 Å². The second-order valence-electron chi connectivity index (χ2n) is 8.41. The first kappa shape index (κ1) is 21.3. The third-order valence-electron chi connectivity index (χ3n) is 6.14. The Balaban J connectivity index is 1.50. The summed E-state index contributed by atoms with van der Waals surface area (Å²) in [6.07, 6.45) is 3.61. The number of halogens is 2. The Bertz CT molecular complexity index is 1070. The summed E-state index contributed by atoms with van der Waals surface area (Å²) in [7, 11) is 2.05. The number of fused-ring (bicyclic) bond motifs is 1.